The normalized spacial score (nSPS) is 13.3. The maximum atomic E-state index is 12.0. The highest BCUT2D eigenvalue weighted by atomic mass is 16.3. The summed E-state index contributed by atoms with van der Waals surface area (Å²) in [6.07, 6.45) is 2.54. The van der Waals surface area contributed by atoms with E-state index < -0.39 is 23.8 Å². The van der Waals surface area contributed by atoms with Gasteiger partial charge in [0.1, 0.15) is 0 Å². The Hall–Kier alpha value is -2.47. The molecule has 23 heavy (non-hydrogen) atoms. The zero-order chi connectivity index (χ0) is 16.8. The Kier molecular flexibility index (Phi) is 5.65. The summed E-state index contributed by atoms with van der Waals surface area (Å²) in [6, 6.07) is 8.95. The lowest BCUT2D eigenvalue weighted by Crippen LogP contribution is -2.44. The molecule has 0 aliphatic carbocycles. The number of ketones is 1. The number of amides is 1. The van der Waals surface area contributed by atoms with Crippen LogP contribution in [0.15, 0.2) is 42.7 Å². The number of nitrogens with zero attached hydrogens (tertiary/aromatic N) is 2. The highest BCUT2D eigenvalue weighted by molar-refractivity contribution is 6.42. The first kappa shape index (κ1) is 16.9. The molecule has 0 radical (unpaired) electrons. The third kappa shape index (κ3) is 4.50. The Labute approximate surface area is 135 Å². The van der Waals surface area contributed by atoms with Gasteiger partial charge in [0.25, 0.3) is 11.7 Å². The predicted octanol–water partition coefficient (Wildman–Crippen LogP) is 1.19. The fraction of sp³-hybridized carbons (Fsp3) is 0.353. The number of rotatable bonds is 7. The van der Waals surface area contributed by atoms with Crippen molar-refractivity contribution >= 4 is 11.7 Å². The van der Waals surface area contributed by atoms with Crippen LogP contribution in [-0.2, 0) is 17.8 Å². The summed E-state index contributed by atoms with van der Waals surface area (Å²) in [5.41, 5.74) is 1.21. The van der Waals surface area contributed by atoms with E-state index in [0.29, 0.717) is 13.0 Å². The van der Waals surface area contributed by atoms with Crippen LogP contribution in [0.5, 0.6) is 0 Å². The molecule has 1 heterocycles. The van der Waals surface area contributed by atoms with E-state index in [0.717, 1.165) is 5.56 Å². The van der Waals surface area contributed by atoms with E-state index >= 15 is 0 Å². The summed E-state index contributed by atoms with van der Waals surface area (Å²) in [7, 11) is 0. The maximum absolute atomic E-state index is 12.0. The summed E-state index contributed by atoms with van der Waals surface area (Å²) in [5, 5.41) is 16.7. The van der Waals surface area contributed by atoms with E-state index in [9.17, 15) is 14.7 Å². The van der Waals surface area contributed by atoms with Gasteiger partial charge in [0.05, 0.1) is 23.9 Å². The molecule has 0 bridgehead atoms. The van der Waals surface area contributed by atoms with Crippen molar-refractivity contribution in [3.05, 3.63) is 53.9 Å². The van der Waals surface area contributed by atoms with Crippen LogP contribution >= 0.6 is 0 Å². The first-order valence-corrected chi connectivity index (χ1v) is 7.61. The molecule has 2 aromatic rings. The molecule has 2 rings (SSSR count). The molecule has 0 fully saturated rings. The van der Waals surface area contributed by atoms with E-state index in [1.165, 1.54) is 12.4 Å². The number of aliphatic hydroxyl groups excluding tert-OH is 1. The average Bonchev–Trinajstić information content (AvgIpc) is 3.04. The van der Waals surface area contributed by atoms with Crippen LogP contribution in [0.3, 0.4) is 0 Å². The zero-order valence-corrected chi connectivity index (χ0v) is 13.3. The third-order valence-corrected chi connectivity index (χ3v) is 3.65. The van der Waals surface area contributed by atoms with Crippen LogP contribution in [-0.4, -0.2) is 38.7 Å². The van der Waals surface area contributed by atoms with E-state index in [2.05, 4.69) is 10.4 Å². The van der Waals surface area contributed by atoms with Gasteiger partial charge in [-0.2, -0.15) is 5.10 Å². The van der Waals surface area contributed by atoms with Gasteiger partial charge >= 0.3 is 0 Å². The van der Waals surface area contributed by atoms with Crippen LogP contribution in [0.2, 0.25) is 0 Å². The molecule has 2 N–H and O–H groups in total. The first-order chi connectivity index (χ1) is 11.0. The molecule has 2 atom stereocenters. The van der Waals surface area contributed by atoms with Gasteiger partial charge in [-0.3, -0.25) is 14.3 Å². The molecule has 1 aromatic carbocycles. The van der Waals surface area contributed by atoms with Gasteiger partial charge in [0, 0.05) is 19.2 Å². The number of aryl methyl sites for hydroxylation is 1. The van der Waals surface area contributed by atoms with Gasteiger partial charge in [0.2, 0.25) is 0 Å². The number of aliphatic hydroxyl groups is 1. The topological polar surface area (TPSA) is 84.2 Å². The Morgan fingerprint density at radius 3 is 2.61 bits per heavy atom. The molecule has 0 aliphatic rings. The Balaban J connectivity index is 1.92. The second kappa shape index (κ2) is 7.69. The molecule has 6 nitrogen and oxygen atoms in total. The smallest absolute Gasteiger partial charge is 0.292 e. The van der Waals surface area contributed by atoms with Crippen molar-refractivity contribution < 1.29 is 14.7 Å². The van der Waals surface area contributed by atoms with Gasteiger partial charge < -0.3 is 10.4 Å². The first-order valence-electron chi connectivity index (χ1n) is 7.61. The second-order valence-corrected chi connectivity index (χ2v) is 5.43. The fourth-order valence-electron chi connectivity index (χ4n) is 2.19. The average molecular weight is 315 g/mol. The van der Waals surface area contributed by atoms with E-state index in [-0.39, 0.29) is 5.56 Å². The molecule has 2 unspecified atom stereocenters. The monoisotopic (exact) mass is 315 g/mol. The van der Waals surface area contributed by atoms with Gasteiger partial charge in [-0.15, -0.1) is 0 Å². The standard InChI is InChI=1S/C17H21N3O3/c1-3-20-11-14(10-18-20)16(22)17(23)19-12(2)15(21)9-13-7-5-4-6-8-13/h4-8,10-12,15,21H,3,9H2,1-2H3,(H,19,23). The largest absolute Gasteiger partial charge is 0.391 e. The van der Waals surface area contributed by atoms with Gasteiger partial charge in [0.15, 0.2) is 0 Å². The zero-order valence-electron chi connectivity index (χ0n) is 13.3. The maximum Gasteiger partial charge on any atom is 0.292 e. The Morgan fingerprint density at radius 1 is 1.30 bits per heavy atom. The number of hydrogen-bond acceptors (Lipinski definition) is 4. The molecule has 1 aromatic heterocycles. The lowest BCUT2D eigenvalue weighted by Gasteiger charge is -2.19. The van der Waals surface area contributed by atoms with Crippen molar-refractivity contribution in [3.63, 3.8) is 0 Å². The molecular weight excluding hydrogens is 294 g/mol. The summed E-state index contributed by atoms with van der Waals surface area (Å²) in [4.78, 5) is 24.0. The summed E-state index contributed by atoms with van der Waals surface area (Å²) >= 11 is 0. The minimum atomic E-state index is -0.771. The number of carbonyl (C=O) groups is 2. The quantitative estimate of drug-likeness (QED) is 0.594. The van der Waals surface area contributed by atoms with Crippen molar-refractivity contribution in [2.75, 3.05) is 0 Å². The number of carbonyl (C=O) groups excluding carboxylic acids is 2. The van der Waals surface area contributed by atoms with Gasteiger partial charge in [-0.25, -0.2) is 0 Å². The molecule has 0 aliphatic heterocycles. The second-order valence-electron chi connectivity index (χ2n) is 5.43. The minimum Gasteiger partial charge on any atom is -0.391 e. The van der Waals surface area contributed by atoms with Gasteiger partial charge in [-0.05, 0) is 19.4 Å². The van der Waals surface area contributed by atoms with Gasteiger partial charge in [-0.1, -0.05) is 30.3 Å². The minimum absolute atomic E-state index is 0.245. The van der Waals surface area contributed by atoms with E-state index in [1.54, 1.807) is 11.6 Å². The number of hydrogen-bond donors (Lipinski definition) is 2. The number of benzene rings is 1. The highest BCUT2D eigenvalue weighted by Crippen LogP contribution is 2.07. The van der Waals surface area contributed by atoms with Crippen molar-refractivity contribution in [2.24, 2.45) is 0 Å². The number of Topliss-reactive ketones (excluding diaryl/α,β-unsaturated/α-hetero) is 1. The van der Waals surface area contributed by atoms with Crippen LogP contribution < -0.4 is 5.32 Å². The summed E-state index contributed by atoms with van der Waals surface area (Å²) < 4.78 is 1.58. The van der Waals surface area contributed by atoms with E-state index in [4.69, 9.17) is 0 Å². The van der Waals surface area contributed by atoms with Crippen LogP contribution in [0, 0.1) is 0 Å². The van der Waals surface area contributed by atoms with Crippen LogP contribution in [0.25, 0.3) is 0 Å². The number of nitrogens with one attached hydrogen (secondary N) is 1. The van der Waals surface area contributed by atoms with Crippen molar-refractivity contribution in [1.29, 1.82) is 0 Å². The molecule has 122 valence electrons. The molecule has 0 saturated carbocycles. The Morgan fingerprint density at radius 2 is 2.00 bits per heavy atom. The molecule has 1 amide bonds. The van der Waals surface area contributed by atoms with Crippen molar-refractivity contribution in [3.8, 4) is 0 Å². The van der Waals surface area contributed by atoms with Crippen molar-refractivity contribution in [2.45, 2.75) is 39.0 Å². The number of aromatic nitrogens is 2. The predicted molar refractivity (Wildman–Crippen MR) is 86.0 cm³/mol. The van der Waals surface area contributed by atoms with Crippen LogP contribution in [0.1, 0.15) is 29.8 Å². The lowest BCUT2D eigenvalue weighted by molar-refractivity contribution is -0.118. The van der Waals surface area contributed by atoms with Crippen molar-refractivity contribution in [1.82, 2.24) is 15.1 Å². The lowest BCUT2D eigenvalue weighted by atomic mass is 10.0. The Bertz CT molecular complexity index is 667. The molecule has 0 saturated heterocycles. The fourth-order valence-corrected chi connectivity index (χ4v) is 2.19. The molecule has 6 heteroatoms. The summed E-state index contributed by atoms with van der Waals surface area (Å²) in [6.45, 7) is 4.19. The van der Waals surface area contributed by atoms with Crippen LogP contribution in [0.4, 0.5) is 0 Å². The summed E-state index contributed by atoms with van der Waals surface area (Å²) in [5.74, 6) is -1.39. The highest BCUT2D eigenvalue weighted by Gasteiger charge is 2.23. The molecular formula is C17H21N3O3. The van der Waals surface area contributed by atoms with E-state index in [1.807, 2.05) is 37.3 Å². The third-order valence-electron chi connectivity index (χ3n) is 3.65. The SMILES string of the molecule is CCn1cc(C(=O)C(=O)NC(C)C(O)Cc2ccccc2)cn1. The molecule has 0 spiro atoms.